The van der Waals surface area contributed by atoms with E-state index >= 15 is 0 Å². The average Bonchev–Trinajstić information content (AvgIpc) is 2.34. The second-order valence-electron chi connectivity index (χ2n) is 6.14. The molecular weight excluding hydrogens is 268 g/mol. The molecule has 1 aliphatic rings. The van der Waals surface area contributed by atoms with Crippen LogP contribution in [0.25, 0.3) is 0 Å². The average molecular weight is 293 g/mol. The van der Waals surface area contributed by atoms with Crippen LogP contribution in [-0.4, -0.2) is 49.8 Å². The molecule has 3 N–H and O–H groups in total. The Morgan fingerprint density at radius 2 is 2.05 bits per heavy atom. The van der Waals surface area contributed by atoms with Crippen LogP contribution in [0.5, 0.6) is 0 Å². The van der Waals surface area contributed by atoms with Crippen LogP contribution in [0.2, 0.25) is 0 Å². The third-order valence-electron chi connectivity index (χ3n) is 2.84. The fourth-order valence-electron chi connectivity index (χ4n) is 1.90. The second kappa shape index (κ2) is 7.17. The molecule has 1 amide bonds. The van der Waals surface area contributed by atoms with E-state index in [1.165, 1.54) is 0 Å². The molecule has 1 heterocycles. The standard InChI is InChI=1S/C13H25F2N3O2/c1-12(2,3)20-11(19)18-9-13(14,15)8-17-10-5-4-6-16-7-10/h10,16-17H,4-9H2,1-3H3,(H,18,19). The van der Waals surface area contributed by atoms with Crippen LogP contribution in [0.15, 0.2) is 0 Å². The van der Waals surface area contributed by atoms with Gasteiger partial charge in [-0.25, -0.2) is 13.6 Å². The van der Waals surface area contributed by atoms with Gasteiger partial charge in [-0.15, -0.1) is 0 Å². The first kappa shape index (κ1) is 17.1. The Kier molecular flexibility index (Phi) is 6.13. The van der Waals surface area contributed by atoms with E-state index in [2.05, 4.69) is 16.0 Å². The summed E-state index contributed by atoms with van der Waals surface area (Å²) in [6, 6.07) is 0.0659. The predicted molar refractivity (Wildman–Crippen MR) is 73.1 cm³/mol. The molecule has 1 aliphatic heterocycles. The van der Waals surface area contributed by atoms with Crippen molar-refractivity contribution in [2.24, 2.45) is 0 Å². The number of piperidine rings is 1. The van der Waals surface area contributed by atoms with Gasteiger partial charge in [0.05, 0.1) is 13.1 Å². The molecule has 0 saturated carbocycles. The molecule has 1 unspecified atom stereocenters. The minimum absolute atomic E-state index is 0.0659. The van der Waals surface area contributed by atoms with Crippen molar-refractivity contribution in [2.75, 3.05) is 26.2 Å². The number of carbonyl (C=O) groups is 1. The monoisotopic (exact) mass is 293 g/mol. The van der Waals surface area contributed by atoms with Gasteiger partial charge < -0.3 is 20.7 Å². The number of alkyl halides is 2. The van der Waals surface area contributed by atoms with Gasteiger partial charge in [0, 0.05) is 12.6 Å². The molecule has 0 spiro atoms. The Balaban J connectivity index is 2.24. The highest BCUT2D eigenvalue weighted by atomic mass is 19.3. The molecule has 1 atom stereocenters. The maximum absolute atomic E-state index is 13.6. The van der Waals surface area contributed by atoms with Gasteiger partial charge in [0.25, 0.3) is 5.92 Å². The van der Waals surface area contributed by atoms with Gasteiger partial charge in [0.1, 0.15) is 5.60 Å². The normalized spacial score (nSPS) is 20.6. The first-order valence-corrected chi connectivity index (χ1v) is 6.97. The van der Waals surface area contributed by atoms with Crippen LogP contribution in [0.1, 0.15) is 33.6 Å². The molecule has 0 aromatic heterocycles. The van der Waals surface area contributed by atoms with E-state index in [0.29, 0.717) is 6.54 Å². The quantitative estimate of drug-likeness (QED) is 0.718. The van der Waals surface area contributed by atoms with Crippen LogP contribution in [0.3, 0.4) is 0 Å². The Hall–Kier alpha value is -0.950. The molecule has 1 fully saturated rings. The third-order valence-corrected chi connectivity index (χ3v) is 2.84. The topological polar surface area (TPSA) is 62.4 Å². The summed E-state index contributed by atoms with van der Waals surface area (Å²) >= 11 is 0. The fourth-order valence-corrected chi connectivity index (χ4v) is 1.90. The molecule has 5 nitrogen and oxygen atoms in total. The predicted octanol–water partition coefficient (Wildman–Crippen LogP) is 1.49. The van der Waals surface area contributed by atoms with Gasteiger partial charge in [-0.1, -0.05) is 0 Å². The maximum Gasteiger partial charge on any atom is 0.407 e. The zero-order valence-corrected chi connectivity index (χ0v) is 12.4. The molecule has 20 heavy (non-hydrogen) atoms. The zero-order valence-electron chi connectivity index (χ0n) is 12.4. The summed E-state index contributed by atoms with van der Waals surface area (Å²) in [6.45, 7) is 5.52. The lowest BCUT2D eigenvalue weighted by atomic mass is 10.1. The van der Waals surface area contributed by atoms with E-state index in [4.69, 9.17) is 4.74 Å². The summed E-state index contributed by atoms with van der Waals surface area (Å²) in [6.07, 6.45) is 1.05. The number of ether oxygens (including phenoxy) is 1. The Labute approximate surface area is 118 Å². The highest BCUT2D eigenvalue weighted by molar-refractivity contribution is 5.67. The Morgan fingerprint density at radius 3 is 2.60 bits per heavy atom. The fraction of sp³-hybridized carbons (Fsp3) is 0.923. The van der Waals surface area contributed by atoms with E-state index in [1.807, 2.05) is 0 Å². The van der Waals surface area contributed by atoms with Crippen molar-refractivity contribution in [1.29, 1.82) is 0 Å². The van der Waals surface area contributed by atoms with Gasteiger partial charge in [0.15, 0.2) is 0 Å². The molecule has 7 heteroatoms. The zero-order chi connectivity index (χ0) is 15.2. The molecule has 0 aromatic rings. The van der Waals surface area contributed by atoms with Crippen molar-refractivity contribution in [3.05, 3.63) is 0 Å². The van der Waals surface area contributed by atoms with E-state index < -0.39 is 30.7 Å². The Morgan fingerprint density at radius 1 is 1.35 bits per heavy atom. The number of nitrogens with one attached hydrogen (secondary N) is 3. The van der Waals surface area contributed by atoms with Gasteiger partial charge in [-0.3, -0.25) is 0 Å². The summed E-state index contributed by atoms with van der Waals surface area (Å²) in [5, 5.41) is 8.08. The first-order chi connectivity index (χ1) is 9.18. The summed E-state index contributed by atoms with van der Waals surface area (Å²) in [4.78, 5) is 11.3. The molecule has 1 rings (SSSR count). The third kappa shape index (κ3) is 7.59. The summed E-state index contributed by atoms with van der Waals surface area (Å²) in [5.41, 5.74) is -0.689. The number of amides is 1. The first-order valence-electron chi connectivity index (χ1n) is 6.97. The SMILES string of the molecule is CC(C)(C)OC(=O)NCC(F)(F)CNC1CCCNC1. The van der Waals surface area contributed by atoms with Crippen molar-refractivity contribution in [3.63, 3.8) is 0 Å². The van der Waals surface area contributed by atoms with Crippen molar-refractivity contribution in [3.8, 4) is 0 Å². The number of halogens is 2. The van der Waals surface area contributed by atoms with Crippen molar-refractivity contribution in [2.45, 2.75) is 51.2 Å². The van der Waals surface area contributed by atoms with Gasteiger partial charge in [0.2, 0.25) is 0 Å². The van der Waals surface area contributed by atoms with Crippen LogP contribution < -0.4 is 16.0 Å². The van der Waals surface area contributed by atoms with Crippen molar-refractivity contribution >= 4 is 6.09 Å². The highest BCUT2D eigenvalue weighted by Crippen LogP contribution is 2.13. The molecular formula is C13H25F2N3O2. The van der Waals surface area contributed by atoms with Gasteiger partial charge >= 0.3 is 6.09 Å². The molecule has 0 aliphatic carbocycles. The lowest BCUT2D eigenvalue weighted by Gasteiger charge is -2.27. The summed E-state index contributed by atoms with van der Waals surface area (Å²) in [7, 11) is 0. The van der Waals surface area contributed by atoms with E-state index in [1.54, 1.807) is 20.8 Å². The number of carbonyl (C=O) groups excluding carboxylic acids is 1. The molecule has 1 saturated heterocycles. The second-order valence-corrected chi connectivity index (χ2v) is 6.14. The lowest BCUT2D eigenvalue weighted by Crippen LogP contribution is -2.50. The molecule has 118 valence electrons. The smallest absolute Gasteiger partial charge is 0.407 e. The highest BCUT2D eigenvalue weighted by Gasteiger charge is 2.31. The van der Waals surface area contributed by atoms with Gasteiger partial charge in [-0.05, 0) is 40.2 Å². The molecule has 0 aromatic carbocycles. The summed E-state index contributed by atoms with van der Waals surface area (Å²) < 4.78 is 32.2. The minimum Gasteiger partial charge on any atom is -0.444 e. The van der Waals surface area contributed by atoms with Crippen LogP contribution in [0.4, 0.5) is 13.6 Å². The van der Waals surface area contributed by atoms with Crippen molar-refractivity contribution < 1.29 is 18.3 Å². The van der Waals surface area contributed by atoms with Crippen LogP contribution in [0, 0.1) is 0 Å². The van der Waals surface area contributed by atoms with Crippen LogP contribution in [-0.2, 0) is 4.74 Å². The lowest BCUT2D eigenvalue weighted by molar-refractivity contribution is -0.00606. The number of rotatable bonds is 5. The maximum atomic E-state index is 13.6. The van der Waals surface area contributed by atoms with E-state index in [0.717, 1.165) is 19.4 Å². The number of hydrogen-bond acceptors (Lipinski definition) is 4. The van der Waals surface area contributed by atoms with E-state index in [9.17, 15) is 13.6 Å². The van der Waals surface area contributed by atoms with Crippen LogP contribution >= 0.6 is 0 Å². The van der Waals surface area contributed by atoms with Gasteiger partial charge in [-0.2, -0.15) is 0 Å². The largest absolute Gasteiger partial charge is 0.444 e. The molecule has 0 radical (unpaired) electrons. The van der Waals surface area contributed by atoms with Crippen molar-refractivity contribution in [1.82, 2.24) is 16.0 Å². The summed E-state index contributed by atoms with van der Waals surface area (Å²) in [5.74, 6) is -2.99. The minimum atomic E-state index is -2.99. The number of hydrogen-bond donors (Lipinski definition) is 3. The Bertz CT molecular complexity index is 313. The number of alkyl carbamates (subject to hydrolysis) is 1. The van der Waals surface area contributed by atoms with E-state index in [-0.39, 0.29) is 6.04 Å². The molecule has 0 bridgehead atoms.